The number of rotatable bonds is 4. The van der Waals surface area contributed by atoms with Crippen molar-refractivity contribution < 1.29 is 0 Å². The fraction of sp³-hybridized carbons (Fsp3) is 0.0227. The second-order valence-electron chi connectivity index (χ2n) is 11.9. The highest BCUT2D eigenvalue weighted by molar-refractivity contribution is 6.34. The maximum Gasteiger partial charge on any atom is 0.0347 e. The van der Waals surface area contributed by atoms with Crippen LogP contribution in [0.2, 0.25) is 0 Å². The molecule has 7 aromatic carbocycles. The number of allylic oxidation sites excluding steroid dienone is 6. The van der Waals surface area contributed by atoms with E-state index in [0.717, 1.165) is 17.5 Å². The van der Waals surface area contributed by atoms with Crippen LogP contribution in [0, 0.1) is 0 Å². The SMILES string of the molecule is C1=CC(c2ccccc2)=CC(c2ccc3c4cccc5c(-c6cncc(-c7ccccc7)c6)ccc(c6cccc2c36)c54)=CC1. The molecular formula is C44H29N. The van der Waals surface area contributed by atoms with Crippen molar-refractivity contribution in [1.82, 2.24) is 4.98 Å². The van der Waals surface area contributed by atoms with Crippen LogP contribution in [0.1, 0.15) is 17.5 Å². The van der Waals surface area contributed by atoms with E-state index in [1.54, 1.807) is 0 Å². The van der Waals surface area contributed by atoms with Gasteiger partial charge in [0.05, 0.1) is 0 Å². The quantitative estimate of drug-likeness (QED) is 0.151. The predicted molar refractivity (Wildman–Crippen MR) is 192 cm³/mol. The molecule has 1 aromatic heterocycles. The van der Waals surface area contributed by atoms with Gasteiger partial charge in [0, 0.05) is 23.5 Å². The van der Waals surface area contributed by atoms with Crippen LogP contribution in [0.3, 0.4) is 0 Å². The Hall–Kier alpha value is -5.79. The van der Waals surface area contributed by atoms with Crippen LogP contribution >= 0.6 is 0 Å². The van der Waals surface area contributed by atoms with Crippen molar-refractivity contribution in [2.75, 3.05) is 0 Å². The highest BCUT2D eigenvalue weighted by Gasteiger charge is 2.18. The first-order chi connectivity index (χ1) is 22.3. The molecule has 0 amide bonds. The summed E-state index contributed by atoms with van der Waals surface area (Å²) in [4.78, 5) is 4.66. The van der Waals surface area contributed by atoms with Gasteiger partial charge in [-0.05, 0) is 95.1 Å². The Balaban J connectivity index is 1.26. The Kier molecular flexibility index (Phi) is 5.96. The first-order valence-electron chi connectivity index (χ1n) is 15.6. The van der Waals surface area contributed by atoms with E-state index >= 15 is 0 Å². The standard InChI is InChI=1S/C44H29N/c1-3-11-29(12-4-1)31-15-7-8-16-32(25-31)35-21-23-41-40-20-10-18-38-36(34-26-33(27-45-28-34)30-13-5-2-6-14-30)22-24-42(44(38)40)39-19-9-17-37(35)43(39)41/h1-7,9-28H,8H2. The molecule has 0 spiro atoms. The van der Waals surface area contributed by atoms with Crippen molar-refractivity contribution in [2.45, 2.75) is 6.42 Å². The van der Waals surface area contributed by atoms with Gasteiger partial charge in [-0.2, -0.15) is 0 Å². The van der Waals surface area contributed by atoms with Crippen molar-refractivity contribution in [3.05, 3.63) is 175 Å². The molecule has 1 heterocycles. The van der Waals surface area contributed by atoms with Gasteiger partial charge in [0.2, 0.25) is 0 Å². The summed E-state index contributed by atoms with van der Waals surface area (Å²) in [6.07, 6.45) is 14.1. The predicted octanol–water partition coefficient (Wildman–Crippen LogP) is 11.9. The van der Waals surface area contributed by atoms with E-state index in [1.807, 2.05) is 12.4 Å². The zero-order chi connectivity index (χ0) is 29.7. The summed E-state index contributed by atoms with van der Waals surface area (Å²) in [6, 6.07) is 46.3. The number of hydrogen-bond donors (Lipinski definition) is 0. The lowest BCUT2D eigenvalue weighted by atomic mass is 9.85. The lowest BCUT2D eigenvalue weighted by Gasteiger charge is -2.18. The Morgan fingerprint density at radius 2 is 1.00 bits per heavy atom. The summed E-state index contributed by atoms with van der Waals surface area (Å²) in [7, 11) is 0. The molecule has 210 valence electrons. The Morgan fingerprint density at radius 3 is 1.71 bits per heavy atom. The second-order valence-corrected chi connectivity index (χ2v) is 11.9. The van der Waals surface area contributed by atoms with Crippen LogP contribution in [0.15, 0.2) is 164 Å². The number of fused-ring (bicyclic) bond motifs is 2. The molecule has 1 aliphatic carbocycles. The third-order valence-corrected chi connectivity index (χ3v) is 9.32. The minimum absolute atomic E-state index is 0.913. The highest BCUT2D eigenvalue weighted by atomic mass is 14.6. The Labute approximate surface area is 262 Å². The average Bonchev–Trinajstić information content (AvgIpc) is 3.37. The van der Waals surface area contributed by atoms with Gasteiger partial charge >= 0.3 is 0 Å². The minimum atomic E-state index is 0.913. The highest BCUT2D eigenvalue weighted by Crippen LogP contribution is 2.45. The van der Waals surface area contributed by atoms with E-state index < -0.39 is 0 Å². The lowest BCUT2D eigenvalue weighted by molar-refractivity contribution is 1.33. The van der Waals surface area contributed by atoms with Gasteiger partial charge < -0.3 is 0 Å². The van der Waals surface area contributed by atoms with Gasteiger partial charge in [0.25, 0.3) is 0 Å². The van der Waals surface area contributed by atoms with Crippen molar-refractivity contribution in [2.24, 2.45) is 0 Å². The zero-order valence-corrected chi connectivity index (χ0v) is 24.7. The molecule has 45 heavy (non-hydrogen) atoms. The summed E-state index contributed by atoms with van der Waals surface area (Å²) in [5.74, 6) is 0. The van der Waals surface area contributed by atoms with Crippen LogP contribution in [0.25, 0.3) is 76.5 Å². The van der Waals surface area contributed by atoms with Crippen LogP contribution in [0.5, 0.6) is 0 Å². The van der Waals surface area contributed by atoms with E-state index in [1.165, 1.54) is 76.5 Å². The van der Waals surface area contributed by atoms with Gasteiger partial charge in [0.1, 0.15) is 0 Å². The monoisotopic (exact) mass is 571 g/mol. The smallest absolute Gasteiger partial charge is 0.0347 e. The van der Waals surface area contributed by atoms with Crippen molar-refractivity contribution in [1.29, 1.82) is 0 Å². The van der Waals surface area contributed by atoms with Gasteiger partial charge in [-0.25, -0.2) is 0 Å². The maximum absolute atomic E-state index is 4.66. The summed E-state index contributed by atoms with van der Waals surface area (Å²) < 4.78 is 0. The van der Waals surface area contributed by atoms with Crippen LogP contribution in [0.4, 0.5) is 0 Å². The molecule has 0 unspecified atom stereocenters. The molecule has 8 aromatic rings. The fourth-order valence-electron chi connectivity index (χ4n) is 7.25. The average molecular weight is 572 g/mol. The number of aromatic nitrogens is 1. The topological polar surface area (TPSA) is 12.9 Å². The van der Waals surface area contributed by atoms with Gasteiger partial charge in [-0.15, -0.1) is 0 Å². The second kappa shape index (κ2) is 10.4. The molecule has 9 rings (SSSR count). The first kappa shape index (κ1) is 25.7. The van der Waals surface area contributed by atoms with Crippen LogP contribution < -0.4 is 0 Å². The van der Waals surface area contributed by atoms with E-state index in [0.29, 0.717) is 0 Å². The molecule has 0 saturated carbocycles. The van der Waals surface area contributed by atoms with E-state index in [2.05, 4.69) is 157 Å². The largest absolute Gasteiger partial charge is 0.263 e. The molecule has 0 fully saturated rings. The third-order valence-electron chi connectivity index (χ3n) is 9.32. The van der Waals surface area contributed by atoms with Crippen molar-refractivity contribution >= 4 is 54.2 Å². The van der Waals surface area contributed by atoms with Crippen LogP contribution in [-0.2, 0) is 0 Å². The molecule has 0 aliphatic heterocycles. The normalized spacial score (nSPS) is 13.4. The Morgan fingerprint density at radius 1 is 0.422 bits per heavy atom. The number of nitrogens with zero attached hydrogens (tertiary/aromatic N) is 1. The number of pyridine rings is 1. The first-order valence-corrected chi connectivity index (χ1v) is 15.6. The van der Waals surface area contributed by atoms with Gasteiger partial charge in [0.15, 0.2) is 0 Å². The van der Waals surface area contributed by atoms with E-state index in [9.17, 15) is 0 Å². The van der Waals surface area contributed by atoms with Crippen molar-refractivity contribution in [3.63, 3.8) is 0 Å². The van der Waals surface area contributed by atoms with E-state index in [-0.39, 0.29) is 0 Å². The molecule has 0 radical (unpaired) electrons. The molecule has 0 saturated heterocycles. The summed E-state index contributed by atoms with van der Waals surface area (Å²) >= 11 is 0. The molecule has 1 nitrogen and oxygen atoms in total. The number of benzene rings is 7. The molecule has 0 atom stereocenters. The molecular weight excluding hydrogens is 542 g/mol. The summed E-state index contributed by atoms with van der Waals surface area (Å²) in [5, 5.41) is 10.4. The molecule has 1 aliphatic rings. The minimum Gasteiger partial charge on any atom is -0.263 e. The van der Waals surface area contributed by atoms with E-state index in [4.69, 9.17) is 0 Å². The molecule has 0 bridgehead atoms. The summed E-state index contributed by atoms with van der Waals surface area (Å²) in [6.45, 7) is 0. The maximum atomic E-state index is 4.66. The van der Waals surface area contributed by atoms with Gasteiger partial charge in [-0.1, -0.05) is 140 Å². The Bertz CT molecular complexity index is 2460. The third kappa shape index (κ3) is 4.20. The van der Waals surface area contributed by atoms with Crippen LogP contribution in [-0.4, -0.2) is 4.98 Å². The summed E-state index contributed by atoms with van der Waals surface area (Å²) in [5.41, 5.74) is 9.69. The zero-order valence-electron chi connectivity index (χ0n) is 24.7. The molecule has 1 heteroatoms. The van der Waals surface area contributed by atoms with Gasteiger partial charge in [-0.3, -0.25) is 4.98 Å². The lowest BCUT2D eigenvalue weighted by Crippen LogP contribution is -1.92. The van der Waals surface area contributed by atoms with Crippen molar-refractivity contribution in [3.8, 4) is 22.3 Å². The molecule has 0 N–H and O–H groups in total. The number of hydrogen-bond acceptors (Lipinski definition) is 1. The fourth-order valence-corrected chi connectivity index (χ4v) is 7.25.